The van der Waals surface area contributed by atoms with Gasteiger partial charge < -0.3 is 14.6 Å². The Labute approximate surface area is 172 Å². The van der Waals surface area contributed by atoms with Crippen LogP contribution in [-0.2, 0) is 0 Å². The van der Waals surface area contributed by atoms with E-state index in [2.05, 4.69) is 20.7 Å². The number of aromatic nitrogens is 1. The summed E-state index contributed by atoms with van der Waals surface area (Å²) in [5.41, 5.74) is 4.29. The van der Waals surface area contributed by atoms with Gasteiger partial charge in [0, 0.05) is 48.9 Å². The summed E-state index contributed by atoms with van der Waals surface area (Å²) >= 11 is 0. The number of nitrogens with zero attached hydrogens (tertiary/aromatic N) is 3. The summed E-state index contributed by atoms with van der Waals surface area (Å²) in [5, 5.41) is 3.71. The molecule has 1 fully saturated rings. The second kappa shape index (κ2) is 8.50. The Hall–Kier alpha value is -3.46. The molecule has 4 N–H and O–H groups in total. The summed E-state index contributed by atoms with van der Waals surface area (Å²) in [6.07, 6.45) is 4.61. The fourth-order valence-corrected chi connectivity index (χ4v) is 3.76. The number of guanidine groups is 1. The van der Waals surface area contributed by atoms with Crippen LogP contribution in [0.5, 0.6) is 0 Å². The van der Waals surface area contributed by atoms with Gasteiger partial charge in [0.2, 0.25) is 5.96 Å². The normalized spacial score (nSPS) is 15.4. The minimum Gasteiger partial charge on any atom is -0.464 e. The van der Waals surface area contributed by atoms with Crippen LogP contribution in [0.25, 0.3) is 22.2 Å². The lowest BCUT2D eigenvalue weighted by Gasteiger charge is -2.33. The molecular weight excluding hydrogens is 387 g/mol. The molecule has 156 valence electrons. The number of rotatable bonds is 3. The number of piperidine rings is 1. The molecule has 8 nitrogen and oxygen atoms in total. The zero-order valence-corrected chi connectivity index (χ0v) is 16.6. The van der Waals surface area contributed by atoms with Gasteiger partial charge in [0.15, 0.2) is 0 Å². The first-order chi connectivity index (χ1) is 14.6. The zero-order valence-electron chi connectivity index (χ0n) is 16.6. The smallest absolute Gasteiger partial charge is 0.251 e. The summed E-state index contributed by atoms with van der Waals surface area (Å²) in [5.74, 6) is 5.28. The maximum atomic E-state index is 14.8. The van der Waals surface area contributed by atoms with E-state index in [1.807, 2.05) is 4.90 Å². The highest BCUT2D eigenvalue weighted by atomic mass is 19.1. The Kier molecular flexibility index (Phi) is 5.62. The highest BCUT2D eigenvalue weighted by Gasteiger charge is 2.23. The van der Waals surface area contributed by atoms with E-state index < -0.39 is 5.82 Å². The van der Waals surface area contributed by atoms with Crippen molar-refractivity contribution in [2.75, 3.05) is 20.1 Å². The van der Waals surface area contributed by atoms with E-state index in [4.69, 9.17) is 10.3 Å². The number of carbonyl (C=O) groups excluding carboxylic acids is 1. The number of hydrogen-bond donors (Lipinski definition) is 3. The number of halogens is 1. The molecule has 1 aliphatic heterocycles. The lowest BCUT2D eigenvalue weighted by Crippen LogP contribution is -2.51. The first-order valence-corrected chi connectivity index (χ1v) is 9.72. The number of nitrogens with two attached hydrogens (primary N) is 1. The number of fused-ring (bicyclic) bond motifs is 1. The number of likely N-dealkylation sites (tertiary alicyclic amines) is 1. The average molecular weight is 410 g/mol. The molecule has 1 aliphatic rings. The highest BCUT2D eigenvalue weighted by Crippen LogP contribution is 2.29. The van der Waals surface area contributed by atoms with Crippen molar-refractivity contribution in [3.05, 3.63) is 54.2 Å². The Morgan fingerprint density at radius 2 is 2.10 bits per heavy atom. The van der Waals surface area contributed by atoms with E-state index in [0.717, 1.165) is 31.3 Å². The van der Waals surface area contributed by atoms with Crippen LogP contribution in [-0.4, -0.2) is 47.9 Å². The topological polar surface area (TPSA) is 109 Å². The molecule has 1 saturated heterocycles. The van der Waals surface area contributed by atoms with Gasteiger partial charge >= 0.3 is 0 Å². The van der Waals surface area contributed by atoms with Gasteiger partial charge in [-0.15, -0.1) is 0 Å². The molecule has 0 radical (unpaired) electrons. The van der Waals surface area contributed by atoms with Crippen LogP contribution in [0, 0.1) is 5.82 Å². The standard InChI is InChI=1S/C21H23FN6O2/c1-24-21(27-23)28-9-5-14(6-10-28)26-20(29)13-2-3-15(17(22)12-13)19-16-7-11-30-18(16)4-8-25-19/h2-4,7-8,11-12,14H,5-6,9-10,23H2,1H3,(H,24,27)(H,26,29). The number of hydrogen-bond acceptors (Lipinski definition) is 5. The Morgan fingerprint density at radius 3 is 2.80 bits per heavy atom. The van der Waals surface area contributed by atoms with Crippen LogP contribution in [0.4, 0.5) is 4.39 Å². The van der Waals surface area contributed by atoms with Crippen molar-refractivity contribution in [1.29, 1.82) is 0 Å². The number of hydrazine groups is 1. The highest BCUT2D eigenvalue weighted by molar-refractivity contribution is 5.96. The molecule has 1 amide bonds. The van der Waals surface area contributed by atoms with Crippen LogP contribution in [0.1, 0.15) is 23.2 Å². The van der Waals surface area contributed by atoms with Gasteiger partial charge in [-0.25, -0.2) is 10.2 Å². The third-order valence-corrected chi connectivity index (χ3v) is 5.34. The summed E-state index contributed by atoms with van der Waals surface area (Å²) in [4.78, 5) is 23.0. The minimum absolute atomic E-state index is 0.00807. The summed E-state index contributed by atoms with van der Waals surface area (Å²) in [6.45, 7) is 1.44. The third-order valence-electron chi connectivity index (χ3n) is 5.34. The van der Waals surface area contributed by atoms with Gasteiger partial charge in [0.05, 0.1) is 12.0 Å². The second-order valence-electron chi connectivity index (χ2n) is 7.11. The molecule has 0 atom stereocenters. The third kappa shape index (κ3) is 3.84. The number of aliphatic imine (C=N–C) groups is 1. The average Bonchev–Trinajstić information content (AvgIpc) is 3.25. The van der Waals surface area contributed by atoms with Crippen LogP contribution in [0.2, 0.25) is 0 Å². The predicted octanol–water partition coefficient (Wildman–Crippen LogP) is 2.28. The molecule has 0 aliphatic carbocycles. The van der Waals surface area contributed by atoms with Crippen molar-refractivity contribution in [3.63, 3.8) is 0 Å². The quantitative estimate of drug-likeness (QED) is 0.265. The Morgan fingerprint density at radius 1 is 1.30 bits per heavy atom. The van der Waals surface area contributed by atoms with Crippen LogP contribution in [0.3, 0.4) is 0 Å². The molecule has 3 aromatic rings. The molecule has 30 heavy (non-hydrogen) atoms. The fraction of sp³-hybridized carbons (Fsp3) is 0.286. The number of nitrogens with one attached hydrogen (secondary N) is 2. The molecule has 9 heteroatoms. The SMILES string of the molecule is CN=C(NN)N1CCC(NC(=O)c2ccc(-c3nccc4occc34)c(F)c2)CC1. The van der Waals surface area contributed by atoms with Crippen molar-refractivity contribution in [2.45, 2.75) is 18.9 Å². The van der Waals surface area contributed by atoms with E-state index in [1.54, 1.807) is 43.8 Å². The molecule has 1 aromatic carbocycles. The molecule has 3 heterocycles. The van der Waals surface area contributed by atoms with Gasteiger partial charge in [-0.3, -0.25) is 20.2 Å². The van der Waals surface area contributed by atoms with Gasteiger partial charge in [-0.2, -0.15) is 0 Å². The molecular formula is C21H23FN6O2. The van der Waals surface area contributed by atoms with E-state index in [0.29, 0.717) is 22.8 Å². The van der Waals surface area contributed by atoms with E-state index in [9.17, 15) is 9.18 Å². The van der Waals surface area contributed by atoms with Gasteiger partial charge in [0.1, 0.15) is 11.4 Å². The van der Waals surface area contributed by atoms with E-state index in [-0.39, 0.29) is 17.5 Å². The number of amides is 1. The lowest BCUT2D eigenvalue weighted by molar-refractivity contribution is 0.0921. The molecule has 2 aromatic heterocycles. The molecule has 4 rings (SSSR count). The van der Waals surface area contributed by atoms with Gasteiger partial charge in [0.25, 0.3) is 5.91 Å². The predicted molar refractivity (Wildman–Crippen MR) is 112 cm³/mol. The first-order valence-electron chi connectivity index (χ1n) is 9.72. The van der Waals surface area contributed by atoms with Crippen LogP contribution in [0.15, 0.2) is 52.2 Å². The Bertz CT molecular complexity index is 1090. The van der Waals surface area contributed by atoms with Crippen molar-refractivity contribution >= 4 is 22.8 Å². The van der Waals surface area contributed by atoms with Crippen molar-refractivity contribution in [1.82, 2.24) is 20.6 Å². The molecule has 0 saturated carbocycles. The lowest BCUT2D eigenvalue weighted by atomic mass is 10.0. The van der Waals surface area contributed by atoms with Gasteiger partial charge in [-0.05, 0) is 43.2 Å². The summed E-state index contributed by atoms with van der Waals surface area (Å²) in [7, 11) is 1.67. The molecule has 0 spiro atoms. The number of pyridine rings is 1. The Balaban J connectivity index is 1.45. The fourth-order valence-electron chi connectivity index (χ4n) is 3.76. The molecule has 0 unspecified atom stereocenters. The monoisotopic (exact) mass is 410 g/mol. The number of carbonyl (C=O) groups is 1. The number of furan rings is 1. The second-order valence-corrected chi connectivity index (χ2v) is 7.11. The van der Waals surface area contributed by atoms with E-state index in [1.165, 1.54) is 6.07 Å². The minimum atomic E-state index is -0.503. The zero-order chi connectivity index (χ0) is 21.1. The van der Waals surface area contributed by atoms with Crippen LogP contribution < -0.4 is 16.6 Å². The first kappa shape index (κ1) is 19.8. The van der Waals surface area contributed by atoms with Crippen molar-refractivity contribution in [2.24, 2.45) is 10.8 Å². The maximum absolute atomic E-state index is 14.8. The van der Waals surface area contributed by atoms with Crippen LogP contribution >= 0.6 is 0 Å². The van der Waals surface area contributed by atoms with E-state index >= 15 is 0 Å². The summed E-state index contributed by atoms with van der Waals surface area (Å²) in [6, 6.07) is 7.93. The van der Waals surface area contributed by atoms with Gasteiger partial charge in [-0.1, -0.05) is 0 Å². The largest absolute Gasteiger partial charge is 0.464 e. The van der Waals surface area contributed by atoms with Crippen molar-refractivity contribution in [3.8, 4) is 11.3 Å². The molecule has 0 bridgehead atoms. The number of benzene rings is 1. The summed E-state index contributed by atoms with van der Waals surface area (Å²) < 4.78 is 20.2. The van der Waals surface area contributed by atoms with Crippen molar-refractivity contribution < 1.29 is 13.6 Å². The maximum Gasteiger partial charge on any atom is 0.251 e.